The van der Waals surface area contributed by atoms with Crippen molar-refractivity contribution in [3.63, 3.8) is 0 Å². The minimum Gasteiger partial charge on any atom is -0.442 e. The number of nitrogens with two attached hydrogens (primary N) is 1. The SMILES string of the molecule is Nc1cccc(C2OC2=O)c1. The first-order valence-corrected chi connectivity index (χ1v) is 3.33. The molecule has 0 bridgehead atoms. The summed E-state index contributed by atoms with van der Waals surface area (Å²) < 4.78 is 4.66. The largest absolute Gasteiger partial charge is 0.442 e. The smallest absolute Gasteiger partial charge is 0.353 e. The van der Waals surface area contributed by atoms with Crippen molar-refractivity contribution in [2.75, 3.05) is 5.73 Å². The Labute approximate surface area is 63.8 Å². The molecule has 1 aliphatic rings. The number of epoxide rings is 1. The van der Waals surface area contributed by atoms with Crippen molar-refractivity contribution in [2.24, 2.45) is 0 Å². The Hall–Kier alpha value is -1.51. The molecular weight excluding hydrogens is 142 g/mol. The second-order valence-corrected chi connectivity index (χ2v) is 2.49. The molecule has 1 aromatic rings. The highest BCUT2D eigenvalue weighted by atomic mass is 16.6. The molecule has 1 aliphatic heterocycles. The third-order valence-corrected chi connectivity index (χ3v) is 1.60. The molecule has 1 unspecified atom stereocenters. The molecule has 1 fully saturated rings. The molecular formula is C8H7NO2. The van der Waals surface area contributed by atoms with Gasteiger partial charge >= 0.3 is 5.97 Å². The Morgan fingerprint density at radius 1 is 1.45 bits per heavy atom. The zero-order valence-electron chi connectivity index (χ0n) is 5.78. The van der Waals surface area contributed by atoms with E-state index in [0.29, 0.717) is 5.69 Å². The minimum atomic E-state index is -0.349. The molecule has 3 heteroatoms. The summed E-state index contributed by atoms with van der Waals surface area (Å²) in [5.41, 5.74) is 7.00. The van der Waals surface area contributed by atoms with Crippen molar-refractivity contribution in [3.05, 3.63) is 29.8 Å². The van der Waals surface area contributed by atoms with Crippen LogP contribution in [0.25, 0.3) is 0 Å². The third kappa shape index (κ3) is 1.05. The Bertz CT molecular complexity index is 309. The van der Waals surface area contributed by atoms with Crippen LogP contribution in [-0.2, 0) is 9.53 Å². The van der Waals surface area contributed by atoms with Crippen LogP contribution < -0.4 is 5.73 Å². The second-order valence-electron chi connectivity index (χ2n) is 2.49. The van der Waals surface area contributed by atoms with Gasteiger partial charge in [-0.15, -0.1) is 0 Å². The summed E-state index contributed by atoms with van der Waals surface area (Å²) in [5.74, 6) is -0.171. The van der Waals surface area contributed by atoms with Crippen molar-refractivity contribution in [1.29, 1.82) is 0 Å². The summed E-state index contributed by atoms with van der Waals surface area (Å²) in [4.78, 5) is 10.5. The van der Waals surface area contributed by atoms with Gasteiger partial charge in [0, 0.05) is 11.3 Å². The first-order valence-electron chi connectivity index (χ1n) is 3.33. The van der Waals surface area contributed by atoms with Crippen molar-refractivity contribution >= 4 is 11.7 Å². The van der Waals surface area contributed by atoms with Crippen LogP contribution in [0.1, 0.15) is 11.7 Å². The van der Waals surface area contributed by atoms with Gasteiger partial charge in [0.1, 0.15) is 0 Å². The number of hydrogen-bond donors (Lipinski definition) is 1. The number of hydrogen-bond acceptors (Lipinski definition) is 3. The van der Waals surface area contributed by atoms with Crippen molar-refractivity contribution < 1.29 is 9.53 Å². The van der Waals surface area contributed by atoms with Crippen LogP contribution in [0.3, 0.4) is 0 Å². The fraction of sp³-hybridized carbons (Fsp3) is 0.125. The normalized spacial score (nSPS) is 21.1. The first kappa shape index (κ1) is 6.22. The number of carbonyl (C=O) groups is 1. The van der Waals surface area contributed by atoms with E-state index in [1.54, 1.807) is 18.2 Å². The lowest BCUT2D eigenvalue weighted by Crippen LogP contribution is -1.87. The third-order valence-electron chi connectivity index (χ3n) is 1.60. The molecule has 0 amide bonds. The molecule has 0 saturated carbocycles. The average Bonchev–Trinajstić information content (AvgIpc) is 2.67. The molecule has 2 N–H and O–H groups in total. The van der Waals surface area contributed by atoms with E-state index in [4.69, 9.17) is 5.73 Å². The quantitative estimate of drug-likeness (QED) is 0.476. The highest BCUT2D eigenvalue weighted by molar-refractivity contribution is 5.88. The van der Waals surface area contributed by atoms with Crippen molar-refractivity contribution in [2.45, 2.75) is 6.10 Å². The van der Waals surface area contributed by atoms with Gasteiger partial charge in [-0.1, -0.05) is 12.1 Å². The lowest BCUT2D eigenvalue weighted by molar-refractivity contribution is -0.117. The van der Waals surface area contributed by atoms with Gasteiger partial charge in [-0.3, -0.25) is 0 Å². The van der Waals surface area contributed by atoms with E-state index in [-0.39, 0.29) is 12.1 Å². The molecule has 1 heterocycles. The number of rotatable bonds is 1. The Kier molecular flexibility index (Phi) is 1.12. The van der Waals surface area contributed by atoms with Gasteiger partial charge in [-0.2, -0.15) is 0 Å². The first-order chi connectivity index (χ1) is 5.27. The predicted octanol–water partition coefficient (Wildman–Crippen LogP) is 0.867. The van der Waals surface area contributed by atoms with Crippen LogP contribution in [0.2, 0.25) is 0 Å². The average molecular weight is 149 g/mol. The zero-order valence-corrected chi connectivity index (χ0v) is 5.78. The van der Waals surface area contributed by atoms with Gasteiger partial charge in [0.2, 0.25) is 6.10 Å². The van der Waals surface area contributed by atoms with Crippen LogP contribution in [0, 0.1) is 0 Å². The zero-order chi connectivity index (χ0) is 7.84. The molecule has 1 atom stereocenters. The van der Waals surface area contributed by atoms with Crippen LogP contribution in [-0.4, -0.2) is 5.97 Å². The fourth-order valence-corrected chi connectivity index (χ4v) is 1.01. The highest BCUT2D eigenvalue weighted by Crippen LogP contribution is 2.32. The summed E-state index contributed by atoms with van der Waals surface area (Å²) in [6, 6.07) is 7.15. The molecule has 2 rings (SSSR count). The molecule has 0 aliphatic carbocycles. The molecule has 1 aromatic carbocycles. The molecule has 0 radical (unpaired) electrons. The minimum absolute atomic E-state index is 0.171. The van der Waals surface area contributed by atoms with Gasteiger partial charge < -0.3 is 10.5 Å². The van der Waals surface area contributed by atoms with E-state index < -0.39 is 0 Å². The second kappa shape index (κ2) is 1.99. The van der Waals surface area contributed by atoms with E-state index in [1.807, 2.05) is 6.07 Å². The van der Waals surface area contributed by atoms with Crippen LogP contribution in [0.15, 0.2) is 24.3 Å². The lowest BCUT2D eigenvalue weighted by atomic mass is 10.1. The summed E-state index contributed by atoms with van der Waals surface area (Å²) >= 11 is 0. The number of nitrogen functional groups attached to an aromatic ring is 1. The topological polar surface area (TPSA) is 55.6 Å². The number of benzene rings is 1. The molecule has 0 aromatic heterocycles. The molecule has 56 valence electrons. The van der Waals surface area contributed by atoms with E-state index in [1.165, 1.54) is 0 Å². The van der Waals surface area contributed by atoms with Crippen molar-refractivity contribution in [1.82, 2.24) is 0 Å². The predicted molar refractivity (Wildman–Crippen MR) is 39.7 cm³/mol. The maximum Gasteiger partial charge on any atom is 0.353 e. The Morgan fingerprint density at radius 3 is 2.73 bits per heavy atom. The monoisotopic (exact) mass is 149 g/mol. The molecule has 3 nitrogen and oxygen atoms in total. The van der Waals surface area contributed by atoms with Gasteiger partial charge in [-0.25, -0.2) is 4.79 Å². The summed E-state index contributed by atoms with van der Waals surface area (Å²) in [6.45, 7) is 0. The van der Waals surface area contributed by atoms with E-state index in [0.717, 1.165) is 5.56 Å². The maximum absolute atomic E-state index is 10.5. The summed E-state index contributed by atoms with van der Waals surface area (Å²) in [7, 11) is 0. The van der Waals surface area contributed by atoms with Gasteiger partial charge in [-0.05, 0) is 12.1 Å². The van der Waals surface area contributed by atoms with Gasteiger partial charge in [0.25, 0.3) is 0 Å². The number of anilines is 1. The summed E-state index contributed by atoms with van der Waals surface area (Å²) in [6.07, 6.45) is -0.349. The van der Waals surface area contributed by atoms with Gasteiger partial charge in [0.15, 0.2) is 0 Å². The fourth-order valence-electron chi connectivity index (χ4n) is 1.01. The van der Waals surface area contributed by atoms with Gasteiger partial charge in [0.05, 0.1) is 0 Å². The highest BCUT2D eigenvalue weighted by Gasteiger charge is 2.39. The number of carbonyl (C=O) groups excluding carboxylic acids is 1. The Balaban J connectivity index is 2.32. The number of ether oxygens (including phenoxy) is 1. The van der Waals surface area contributed by atoms with E-state index >= 15 is 0 Å². The van der Waals surface area contributed by atoms with Crippen LogP contribution in [0.5, 0.6) is 0 Å². The summed E-state index contributed by atoms with van der Waals surface area (Å²) in [5, 5.41) is 0. The molecule has 11 heavy (non-hydrogen) atoms. The Morgan fingerprint density at radius 2 is 2.18 bits per heavy atom. The van der Waals surface area contributed by atoms with Crippen LogP contribution >= 0.6 is 0 Å². The van der Waals surface area contributed by atoms with Crippen LogP contribution in [0.4, 0.5) is 5.69 Å². The van der Waals surface area contributed by atoms with E-state index in [2.05, 4.69) is 4.74 Å². The standard InChI is InChI=1S/C8H7NO2/c9-6-3-1-2-5(4-6)7-8(10)11-7/h1-4,7H,9H2. The van der Waals surface area contributed by atoms with E-state index in [9.17, 15) is 4.79 Å². The molecule has 0 spiro atoms. The maximum atomic E-state index is 10.5. The number of cyclic esters (lactones) is 1. The van der Waals surface area contributed by atoms with Crippen molar-refractivity contribution in [3.8, 4) is 0 Å². The lowest BCUT2D eigenvalue weighted by Gasteiger charge is -1.93. The molecule has 1 saturated heterocycles.